The molecule has 2 aromatic carbocycles. The topological polar surface area (TPSA) is 50.3 Å². The number of fused-ring (bicyclic) bond motifs is 1. The number of para-hydroxylation sites is 1. The molecule has 0 unspecified atom stereocenters. The van der Waals surface area contributed by atoms with E-state index >= 15 is 0 Å². The molecule has 3 rings (SSSR count). The van der Waals surface area contributed by atoms with Crippen LogP contribution in [0.25, 0.3) is 10.8 Å². The first-order valence-electron chi connectivity index (χ1n) is 6.82. The summed E-state index contributed by atoms with van der Waals surface area (Å²) in [7, 11) is -5.64. The van der Waals surface area contributed by atoms with Gasteiger partial charge in [0.15, 0.2) is 0 Å². The molecule has 0 aliphatic carbocycles. The van der Waals surface area contributed by atoms with Crippen LogP contribution in [0.5, 0.6) is 0 Å². The number of pyridine rings is 1. The van der Waals surface area contributed by atoms with Gasteiger partial charge in [-0.15, -0.1) is 0 Å². The Bertz CT molecular complexity index is 973. The normalized spacial score (nSPS) is 12.3. The number of halogens is 3. The fourth-order valence-electron chi connectivity index (χ4n) is 2.24. The summed E-state index contributed by atoms with van der Waals surface area (Å²) in [6.45, 7) is 0. The van der Waals surface area contributed by atoms with E-state index in [1.54, 1.807) is 30.3 Å². The molecule has 0 atom stereocenters. The Labute approximate surface area is 136 Å². The van der Waals surface area contributed by atoms with Gasteiger partial charge in [0, 0.05) is 11.6 Å². The summed E-state index contributed by atoms with van der Waals surface area (Å²) in [5, 5.41) is 1.28. The third-order valence-electron chi connectivity index (χ3n) is 3.35. The second kappa shape index (κ2) is 5.79. The highest BCUT2D eigenvalue weighted by Gasteiger charge is 2.51. The largest absolute Gasteiger partial charge is 0.517 e. The van der Waals surface area contributed by atoms with Gasteiger partial charge in [0.25, 0.3) is 0 Å². The minimum Gasteiger partial charge on any atom is -0.237 e. The maximum atomic E-state index is 13.1. The molecule has 1 heterocycles. The van der Waals surface area contributed by atoms with Crippen molar-refractivity contribution in [1.82, 2.24) is 4.98 Å². The quantitative estimate of drug-likeness (QED) is 0.709. The highest BCUT2D eigenvalue weighted by Crippen LogP contribution is 2.36. The van der Waals surface area contributed by atoms with Crippen molar-refractivity contribution in [2.45, 2.75) is 5.51 Å². The molecule has 0 bridgehead atoms. The monoisotopic (exact) mass is 352 g/mol. The Hall–Kier alpha value is -2.61. The zero-order valence-electron chi connectivity index (χ0n) is 12.1. The van der Waals surface area contributed by atoms with Crippen LogP contribution in [0.15, 0.2) is 66.9 Å². The smallest absolute Gasteiger partial charge is 0.237 e. The number of aromatic nitrogens is 1. The van der Waals surface area contributed by atoms with E-state index < -0.39 is 15.5 Å². The summed E-state index contributed by atoms with van der Waals surface area (Å²) in [5.74, 6) is -0.322. The third kappa shape index (κ3) is 2.80. The average molecular weight is 352 g/mol. The number of sulfonamides is 1. The van der Waals surface area contributed by atoms with Crippen molar-refractivity contribution in [3.63, 3.8) is 0 Å². The minimum absolute atomic E-state index is 0.141. The summed E-state index contributed by atoms with van der Waals surface area (Å²) >= 11 is 0. The van der Waals surface area contributed by atoms with Gasteiger partial charge in [-0.2, -0.15) is 21.6 Å². The second-order valence-corrected chi connectivity index (χ2v) is 6.72. The summed E-state index contributed by atoms with van der Waals surface area (Å²) in [5.41, 5.74) is -5.59. The molecule has 24 heavy (non-hydrogen) atoms. The zero-order valence-corrected chi connectivity index (χ0v) is 12.9. The van der Waals surface area contributed by atoms with Crippen LogP contribution in [0.3, 0.4) is 0 Å². The number of hydrogen-bond donors (Lipinski definition) is 0. The van der Waals surface area contributed by atoms with Crippen LogP contribution in [-0.4, -0.2) is 18.9 Å². The Morgan fingerprint density at radius 2 is 1.46 bits per heavy atom. The molecule has 3 aromatic rings. The molecule has 0 amide bonds. The van der Waals surface area contributed by atoms with E-state index in [2.05, 4.69) is 4.98 Å². The number of anilines is 2. The number of benzene rings is 2. The van der Waals surface area contributed by atoms with Gasteiger partial charge < -0.3 is 0 Å². The Balaban J connectivity index is 2.24. The van der Waals surface area contributed by atoms with Gasteiger partial charge in [-0.3, -0.25) is 0 Å². The molecule has 0 radical (unpaired) electrons. The number of nitrogens with zero attached hydrogens (tertiary/aromatic N) is 2. The first kappa shape index (κ1) is 16.3. The molecule has 0 aliphatic rings. The van der Waals surface area contributed by atoms with Crippen molar-refractivity contribution >= 4 is 32.3 Å². The molecule has 0 N–H and O–H groups in total. The van der Waals surface area contributed by atoms with Crippen LogP contribution >= 0.6 is 0 Å². The molecular weight excluding hydrogens is 341 g/mol. The molecule has 4 nitrogen and oxygen atoms in total. The second-order valence-electron chi connectivity index (χ2n) is 4.94. The Morgan fingerprint density at radius 3 is 2.08 bits per heavy atom. The third-order valence-corrected chi connectivity index (χ3v) is 4.81. The summed E-state index contributed by atoms with van der Waals surface area (Å²) < 4.78 is 63.6. The predicted octanol–water partition coefficient (Wildman–Crippen LogP) is 4.22. The van der Waals surface area contributed by atoms with Crippen molar-refractivity contribution in [3.8, 4) is 0 Å². The van der Waals surface area contributed by atoms with E-state index in [1.807, 2.05) is 0 Å². The summed E-state index contributed by atoms with van der Waals surface area (Å²) in [6, 6.07) is 15.2. The van der Waals surface area contributed by atoms with Crippen molar-refractivity contribution in [2.75, 3.05) is 4.31 Å². The molecular formula is C16H11F3N2O2S. The summed E-state index contributed by atoms with van der Waals surface area (Å²) in [4.78, 5) is 3.91. The maximum absolute atomic E-state index is 13.1. The maximum Gasteiger partial charge on any atom is 0.517 e. The molecule has 8 heteroatoms. The van der Waals surface area contributed by atoms with Gasteiger partial charge in [0.2, 0.25) is 0 Å². The Kier molecular flexibility index (Phi) is 3.92. The van der Waals surface area contributed by atoms with Gasteiger partial charge in [0.05, 0.1) is 5.69 Å². The van der Waals surface area contributed by atoms with E-state index in [0.29, 0.717) is 10.8 Å². The predicted molar refractivity (Wildman–Crippen MR) is 85.3 cm³/mol. The van der Waals surface area contributed by atoms with Gasteiger partial charge in [-0.25, -0.2) is 9.29 Å². The lowest BCUT2D eigenvalue weighted by molar-refractivity contribution is -0.0435. The first-order chi connectivity index (χ1) is 11.3. The molecule has 1 aromatic heterocycles. The van der Waals surface area contributed by atoms with Gasteiger partial charge in [-0.05, 0) is 23.6 Å². The average Bonchev–Trinajstić information content (AvgIpc) is 2.55. The number of rotatable bonds is 3. The van der Waals surface area contributed by atoms with Crippen molar-refractivity contribution in [3.05, 3.63) is 66.9 Å². The SMILES string of the molecule is O=S(=O)(N(c1ccccc1)c1cc2ccccc2cn1)C(F)(F)F. The molecule has 124 valence electrons. The number of alkyl halides is 3. The van der Waals surface area contributed by atoms with Crippen LogP contribution in [0.1, 0.15) is 0 Å². The highest BCUT2D eigenvalue weighted by molar-refractivity contribution is 7.94. The lowest BCUT2D eigenvalue weighted by Crippen LogP contribution is -2.38. The zero-order chi connectivity index (χ0) is 17.4. The lowest BCUT2D eigenvalue weighted by atomic mass is 10.2. The van der Waals surface area contributed by atoms with E-state index in [4.69, 9.17) is 0 Å². The fourth-order valence-corrected chi connectivity index (χ4v) is 3.20. The highest BCUT2D eigenvalue weighted by atomic mass is 32.2. The van der Waals surface area contributed by atoms with Crippen LogP contribution in [0.4, 0.5) is 24.7 Å². The van der Waals surface area contributed by atoms with Gasteiger partial charge >= 0.3 is 15.5 Å². The van der Waals surface area contributed by atoms with Crippen LogP contribution in [0, 0.1) is 0 Å². The van der Waals surface area contributed by atoms with Crippen LogP contribution in [-0.2, 0) is 10.0 Å². The van der Waals surface area contributed by atoms with Crippen LogP contribution in [0.2, 0.25) is 0 Å². The molecule has 0 fully saturated rings. The van der Waals surface area contributed by atoms with Crippen molar-refractivity contribution in [1.29, 1.82) is 0 Å². The van der Waals surface area contributed by atoms with Gasteiger partial charge in [0.1, 0.15) is 5.82 Å². The Morgan fingerprint density at radius 1 is 0.875 bits per heavy atom. The molecule has 0 saturated carbocycles. The molecule has 0 saturated heterocycles. The van der Waals surface area contributed by atoms with E-state index in [0.717, 1.165) is 0 Å². The number of hydrogen-bond acceptors (Lipinski definition) is 3. The fraction of sp³-hybridized carbons (Fsp3) is 0.0625. The minimum atomic E-state index is -5.64. The van der Waals surface area contributed by atoms with Crippen molar-refractivity contribution < 1.29 is 21.6 Å². The first-order valence-corrected chi connectivity index (χ1v) is 8.26. The van der Waals surface area contributed by atoms with Crippen molar-refractivity contribution in [2.24, 2.45) is 0 Å². The van der Waals surface area contributed by atoms with E-state index in [1.165, 1.54) is 36.5 Å². The summed E-state index contributed by atoms with van der Waals surface area (Å²) in [6.07, 6.45) is 1.34. The van der Waals surface area contributed by atoms with E-state index in [9.17, 15) is 21.6 Å². The van der Waals surface area contributed by atoms with E-state index in [-0.39, 0.29) is 15.8 Å². The van der Waals surface area contributed by atoms with Gasteiger partial charge in [-0.1, -0.05) is 42.5 Å². The lowest BCUT2D eigenvalue weighted by Gasteiger charge is -2.24. The molecule has 0 aliphatic heterocycles. The standard InChI is InChI=1S/C16H11F3N2O2S/c17-16(18,19)24(22,23)21(14-8-2-1-3-9-14)15-10-12-6-4-5-7-13(12)11-20-15/h1-11H. The molecule has 0 spiro atoms. The van der Waals surface area contributed by atoms with Crippen LogP contribution < -0.4 is 4.31 Å².